The molecule has 1 atom stereocenters. The first-order chi connectivity index (χ1) is 9.69. The van der Waals surface area contributed by atoms with Crippen LogP contribution < -0.4 is 11.5 Å². The number of nitrogen functional groups attached to an aromatic ring is 1. The highest BCUT2D eigenvalue weighted by Gasteiger charge is 2.23. The molecule has 0 aromatic carbocycles. The molecule has 1 aromatic rings. The maximum absolute atomic E-state index is 11.8. The van der Waals surface area contributed by atoms with Crippen LogP contribution in [0.4, 0.5) is 5.82 Å². The number of carbonyl (C=O) groups is 1. The standard InChI is InChI=1S/C14H22N4O2/c15-5-3-14(19)18-7-8-20-12(10-18)2-1-11-4-6-17-13(16)9-11/h4,6,9,12H,1-3,5,7-8,10,15H2,(H2,16,17). The molecule has 1 saturated heterocycles. The molecule has 2 rings (SSSR count). The second-order valence-electron chi connectivity index (χ2n) is 5.00. The third-order valence-electron chi connectivity index (χ3n) is 3.45. The fourth-order valence-electron chi connectivity index (χ4n) is 2.38. The zero-order valence-corrected chi connectivity index (χ0v) is 11.6. The van der Waals surface area contributed by atoms with Crippen LogP contribution in [0.25, 0.3) is 0 Å². The normalized spacial score (nSPS) is 19.1. The Labute approximate surface area is 119 Å². The summed E-state index contributed by atoms with van der Waals surface area (Å²) in [7, 11) is 0. The van der Waals surface area contributed by atoms with E-state index in [0.717, 1.165) is 18.4 Å². The van der Waals surface area contributed by atoms with Crippen molar-refractivity contribution in [2.75, 3.05) is 32.0 Å². The number of morpholine rings is 1. The number of nitrogens with zero attached hydrogens (tertiary/aromatic N) is 2. The van der Waals surface area contributed by atoms with Gasteiger partial charge < -0.3 is 21.1 Å². The van der Waals surface area contributed by atoms with Gasteiger partial charge in [0.2, 0.25) is 5.91 Å². The van der Waals surface area contributed by atoms with Crippen molar-refractivity contribution in [3.63, 3.8) is 0 Å². The Balaban J connectivity index is 1.82. The number of nitrogens with two attached hydrogens (primary N) is 2. The third kappa shape index (κ3) is 4.18. The number of amides is 1. The molecular weight excluding hydrogens is 256 g/mol. The maximum atomic E-state index is 11.8. The summed E-state index contributed by atoms with van der Waals surface area (Å²) < 4.78 is 5.72. The zero-order chi connectivity index (χ0) is 14.4. The molecule has 6 heteroatoms. The molecule has 0 aliphatic carbocycles. The molecule has 1 fully saturated rings. The number of hydrogen-bond acceptors (Lipinski definition) is 5. The average Bonchev–Trinajstić information content (AvgIpc) is 2.46. The molecule has 4 N–H and O–H groups in total. The average molecular weight is 278 g/mol. The Morgan fingerprint density at radius 1 is 1.55 bits per heavy atom. The molecule has 0 spiro atoms. The highest BCUT2D eigenvalue weighted by molar-refractivity contribution is 5.76. The number of aryl methyl sites for hydroxylation is 1. The number of pyridine rings is 1. The number of rotatable bonds is 5. The van der Waals surface area contributed by atoms with E-state index in [1.165, 1.54) is 0 Å². The molecular formula is C14H22N4O2. The van der Waals surface area contributed by atoms with Gasteiger partial charge in [-0.3, -0.25) is 4.79 Å². The van der Waals surface area contributed by atoms with Crippen molar-refractivity contribution in [1.82, 2.24) is 9.88 Å². The summed E-state index contributed by atoms with van der Waals surface area (Å²) in [5.74, 6) is 0.653. The van der Waals surface area contributed by atoms with Gasteiger partial charge in [0, 0.05) is 32.3 Å². The van der Waals surface area contributed by atoms with Gasteiger partial charge >= 0.3 is 0 Å². The molecule has 0 saturated carbocycles. The Hall–Kier alpha value is -1.66. The Morgan fingerprint density at radius 2 is 2.40 bits per heavy atom. The van der Waals surface area contributed by atoms with Crippen molar-refractivity contribution in [3.05, 3.63) is 23.9 Å². The van der Waals surface area contributed by atoms with E-state index in [0.29, 0.717) is 38.5 Å². The van der Waals surface area contributed by atoms with Gasteiger partial charge in [0.05, 0.1) is 12.7 Å². The van der Waals surface area contributed by atoms with Gasteiger partial charge in [0.15, 0.2) is 0 Å². The lowest BCUT2D eigenvalue weighted by atomic mass is 10.1. The Bertz CT molecular complexity index is 453. The minimum Gasteiger partial charge on any atom is -0.384 e. The van der Waals surface area contributed by atoms with Gasteiger partial charge in [-0.15, -0.1) is 0 Å². The van der Waals surface area contributed by atoms with Crippen molar-refractivity contribution >= 4 is 11.7 Å². The Morgan fingerprint density at radius 3 is 3.15 bits per heavy atom. The minimum atomic E-state index is 0.0832. The van der Waals surface area contributed by atoms with Gasteiger partial charge in [-0.1, -0.05) is 0 Å². The van der Waals surface area contributed by atoms with Crippen LogP contribution in [-0.2, 0) is 16.0 Å². The first kappa shape index (κ1) is 14.7. The third-order valence-corrected chi connectivity index (χ3v) is 3.45. The molecule has 1 aliphatic heterocycles. The van der Waals surface area contributed by atoms with Gasteiger partial charge in [0.25, 0.3) is 0 Å². The van der Waals surface area contributed by atoms with Gasteiger partial charge in [-0.05, 0) is 30.5 Å². The first-order valence-corrected chi connectivity index (χ1v) is 6.99. The second kappa shape index (κ2) is 7.21. The van der Waals surface area contributed by atoms with Crippen molar-refractivity contribution in [2.45, 2.75) is 25.4 Å². The largest absolute Gasteiger partial charge is 0.384 e. The van der Waals surface area contributed by atoms with Gasteiger partial charge in [0.1, 0.15) is 5.82 Å². The molecule has 1 unspecified atom stereocenters. The highest BCUT2D eigenvalue weighted by atomic mass is 16.5. The smallest absolute Gasteiger partial charge is 0.224 e. The van der Waals surface area contributed by atoms with Crippen molar-refractivity contribution in [3.8, 4) is 0 Å². The molecule has 6 nitrogen and oxygen atoms in total. The van der Waals surface area contributed by atoms with Crippen molar-refractivity contribution < 1.29 is 9.53 Å². The zero-order valence-electron chi connectivity index (χ0n) is 11.6. The lowest BCUT2D eigenvalue weighted by Crippen LogP contribution is -2.46. The van der Waals surface area contributed by atoms with Crippen molar-refractivity contribution in [2.24, 2.45) is 5.73 Å². The van der Waals surface area contributed by atoms with Gasteiger partial charge in [-0.2, -0.15) is 0 Å². The van der Waals surface area contributed by atoms with E-state index >= 15 is 0 Å². The fourth-order valence-corrected chi connectivity index (χ4v) is 2.38. The van der Waals surface area contributed by atoms with Crippen LogP contribution in [0, 0.1) is 0 Å². The minimum absolute atomic E-state index is 0.0832. The molecule has 0 bridgehead atoms. The monoisotopic (exact) mass is 278 g/mol. The van der Waals surface area contributed by atoms with E-state index in [1.807, 2.05) is 17.0 Å². The van der Waals surface area contributed by atoms with E-state index in [2.05, 4.69) is 4.98 Å². The van der Waals surface area contributed by atoms with Crippen LogP contribution in [-0.4, -0.2) is 48.1 Å². The lowest BCUT2D eigenvalue weighted by Gasteiger charge is -2.33. The van der Waals surface area contributed by atoms with E-state index < -0.39 is 0 Å². The number of aromatic nitrogens is 1. The van der Waals surface area contributed by atoms with E-state index in [-0.39, 0.29) is 12.0 Å². The quantitative estimate of drug-likeness (QED) is 0.801. The predicted octanol–water partition coefficient (Wildman–Crippen LogP) is 0.173. The summed E-state index contributed by atoms with van der Waals surface area (Å²) in [6.07, 6.45) is 3.95. The fraction of sp³-hybridized carbons (Fsp3) is 0.571. The molecule has 1 aliphatic rings. The number of ether oxygens (including phenoxy) is 1. The van der Waals surface area contributed by atoms with Crippen LogP contribution in [0.3, 0.4) is 0 Å². The maximum Gasteiger partial charge on any atom is 0.224 e. The van der Waals surface area contributed by atoms with E-state index in [1.54, 1.807) is 6.20 Å². The van der Waals surface area contributed by atoms with Crippen LogP contribution >= 0.6 is 0 Å². The van der Waals surface area contributed by atoms with Crippen LogP contribution in [0.2, 0.25) is 0 Å². The molecule has 2 heterocycles. The van der Waals surface area contributed by atoms with E-state index in [4.69, 9.17) is 16.2 Å². The summed E-state index contributed by atoms with van der Waals surface area (Å²) >= 11 is 0. The number of hydrogen-bond donors (Lipinski definition) is 2. The Kier molecular flexibility index (Phi) is 5.31. The number of anilines is 1. The van der Waals surface area contributed by atoms with Crippen LogP contribution in [0.1, 0.15) is 18.4 Å². The second-order valence-corrected chi connectivity index (χ2v) is 5.00. The topological polar surface area (TPSA) is 94.5 Å². The van der Waals surface area contributed by atoms with Crippen LogP contribution in [0.5, 0.6) is 0 Å². The summed E-state index contributed by atoms with van der Waals surface area (Å²) in [4.78, 5) is 17.6. The van der Waals surface area contributed by atoms with Crippen LogP contribution in [0.15, 0.2) is 18.3 Å². The number of carbonyl (C=O) groups excluding carboxylic acids is 1. The summed E-state index contributed by atoms with van der Waals surface area (Å²) in [6.45, 7) is 2.31. The highest BCUT2D eigenvalue weighted by Crippen LogP contribution is 2.14. The molecule has 110 valence electrons. The summed E-state index contributed by atoms with van der Waals surface area (Å²) in [6, 6.07) is 3.83. The SMILES string of the molecule is NCCC(=O)N1CCOC(CCc2ccnc(N)c2)C1. The van der Waals surface area contributed by atoms with Gasteiger partial charge in [-0.25, -0.2) is 4.98 Å². The van der Waals surface area contributed by atoms with E-state index in [9.17, 15) is 4.79 Å². The summed E-state index contributed by atoms with van der Waals surface area (Å²) in [5, 5.41) is 0. The lowest BCUT2D eigenvalue weighted by molar-refractivity contribution is -0.138. The van der Waals surface area contributed by atoms with Crippen molar-refractivity contribution in [1.29, 1.82) is 0 Å². The predicted molar refractivity (Wildman–Crippen MR) is 77.0 cm³/mol. The first-order valence-electron chi connectivity index (χ1n) is 6.99. The molecule has 0 radical (unpaired) electrons. The molecule has 1 aromatic heterocycles. The molecule has 20 heavy (non-hydrogen) atoms. The summed E-state index contributed by atoms with van der Waals surface area (Å²) in [5.41, 5.74) is 12.2. The molecule has 1 amide bonds.